The lowest BCUT2D eigenvalue weighted by Crippen LogP contribution is -1.95. The third-order valence-electron chi connectivity index (χ3n) is 3.14. The smallest absolute Gasteiger partial charge is 0.212 e. The van der Waals surface area contributed by atoms with E-state index in [1.807, 2.05) is 35.0 Å². The molecule has 3 aromatic heterocycles. The summed E-state index contributed by atoms with van der Waals surface area (Å²) in [6.45, 7) is 2.09. The van der Waals surface area contributed by atoms with E-state index in [0.717, 1.165) is 33.3 Å². The van der Waals surface area contributed by atoms with Gasteiger partial charge in [0.2, 0.25) is 4.96 Å². The Labute approximate surface area is 123 Å². The molecule has 4 rings (SSSR count). The van der Waals surface area contributed by atoms with Crippen LogP contribution < -0.4 is 0 Å². The second-order valence-corrected chi connectivity index (χ2v) is 5.55. The Kier molecular flexibility index (Phi) is 2.74. The van der Waals surface area contributed by atoms with Gasteiger partial charge in [-0.1, -0.05) is 30.4 Å². The summed E-state index contributed by atoms with van der Waals surface area (Å²) < 4.78 is 3.46. The number of nitrogens with zero attached hydrogens (tertiary/aromatic N) is 7. The zero-order valence-electron chi connectivity index (χ0n) is 11.2. The van der Waals surface area contributed by atoms with E-state index in [9.17, 15) is 0 Å². The Morgan fingerprint density at radius 2 is 2.24 bits per heavy atom. The molecule has 21 heavy (non-hydrogen) atoms. The van der Waals surface area contributed by atoms with Crippen LogP contribution in [-0.4, -0.2) is 34.8 Å². The minimum absolute atomic E-state index is 0.895. The van der Waals surface area contributed by atoms with Gasteiger partial charge in [-0.3, -0.25) is 0 Å². The number of tetrazole rings is 1. The van der Waals surface area contributed by atoms with Crippen molar-refractivity contribution in [3.63, 3.8) is 0 Å². The van der Waals surface area contributed by atoms with Gasteiger partial charge < -0.3 is 0 Å². The first-order valence-corrected chi connectivity index (χ1v) is 7.34. The fourth-order valence-corrected chi connectivity index (χ4v) is 2.93. The fraction of sp³-hybridized carbons (Fsp3) is 0.154. The standard InChI is InChI=1S/C13H11N7S/c1-2-12-16-19-7-11(15-13(19)21-12)9-4-3-5-10(6-9)20-8-14-17-18-20/h3-8H,2H2,1H3. The molecule has 0 bridgehead atoms. The third kappa shape index (κ3) is 2.09. The van der Waals surface area contributed by atoms with Crippen LogP contribution in [0.25, 0.3) is 21.9 Å². The molecule has 0 atom stereocenters. The average molecular weight is 297 g/mol. The van der Waals surface area contributed by atoms with Gasteiger partial charge in [0.25, 0.3) is 0 Å². The van der Waals surface area contributed by atoms with Crippen LogP contribution in [-0.2, 0) is 6.42 Å². The van der Waals surface area contributed by atoms with Gasteiger partial charge in [-0.05, 0) is 29.0 Å². The molecule has 0 radical (unpaired) electrons. The quantitative estimate of drug-likeness (QED) is 0.578. The summed E-state index contributed by atoms with van der Waals surface area (Å²) in [6.07, 6.45) is 4.45. The minimum atomic E-state index is 0.895. The molecule has 0 saturated carbocycles. The molecule has 0 spiro atoms. The van der Waals surface area contributed by atoms with Crippen molar-refractivity contribution in [3.8, 4) is 16.9 Å². The number of benzene rings is 1. The number of hydrogen-bond donors (Lipinski definition) is 0. The number of aromatic nitrogens is 7. The summed E-state index contributed by atoms with van der Waals surface area (Å²) in [5.41, 5.74) is 2.81. The van der Waals surface area contributed by atoms with Gasteiger partial charge in [0.1, 0.15) is 11.3 Å². The SMILES string of the molecule is CCc1nn2cc(-c3cccc(-n4cnnn4)c3)nc2s1. The number of imidazole rings is 1. The largest absolute Gasteiger partial charge is 0.217 e. The van der Waals surface area contributed by atoms with Gasteiger partial charge in [0.15, 0.2) is 0 Å². The number of hydrogen-bond acceptors (Lipinski definition) is 6. The number of aryl methyl sites for hydroxylation is 1. The molecule has 104 valence electrons. The zero-order valence-corrected chi connectivity index (χ0v) is 12.0. The Morgan fingerprint density at radius 1 is 1.29 bits per heavy atom. The van der Waals surface area contributed by atoms with Crippen LogP contribution in [0.2, 0.25) is 0 Å². The first-order chi connectivity index (χ1) is 10.3. The second kappa shape index (κ2) is 4.74. The Balaban J connectivity index is 1.77. The predicted octanol–water partition coefficient (Wildman–Crippen LogP) is 2.00. The van der Waals surface area contributed by atoms with Crippen LogP contribution in [0.15, 0.2) is 36.8 Å². The molecule has 0 amide bonds. The topological polar surface area (TPSA) is 73.8 Å². The van der Waals surface area contributed by atoms with Crippen molar-refractivity contribution in [3.05, 3.63) is 41.8 Å². The van der Waals surface area contributed by atoms with Gasteiger partial charge in [0, 0.05) is 5.56 Å². The molecule has 0 fully saturated rings. The maximum atomic E-state index is 4.63. The van der Waals surface area contributed by atoms with Crippen molar-refractivity contribution in [1.29, 1.82) is 0 Å². The Bertz CT molecular complexity index is 859. The van der Waals surface area contributed by atoms with Crippen molar-refractivity contribution in [2.24, 2.45) is 0 Å². The highest BCUT2D eigenvalue weighted by molar-refractivity contribution is 7.16. The van der Waals surface area contributed by atoms with Crippen LogP contribution >= 0.6 is 11.3 Å². The van der Waals surface area contributed by atoms with E-state index < -0.39 is 0 Å². The maximum absolute atomic E-state index is 4.63. The minimum Gasteiger partial charge on any atom is -0.217 e. The fourth-order valence-electron chi connectivity index (χ4n) is 2.11. The monoisotopic (exact) mass is 297 g/mol. The van der Waals surface area contributed by atoms with Crippen molar-refractivity contribution >= 4 is 16.3 Å². The molecule has 8 heteroatoms. The highest BCUT2D eigenvalue weighted by Crippen LogP contribution is 2.24. The van der Waals surface area contributed by atoms with Gasteiger partial charge >= 0.3 is 0 Å². The van der Waals surface area contributed by atoms with Crippen molar-refractivity contribution in [2.45, 2.75) is 13.3 Å². The molecule has 0 N–H and O–H groups in total. The summed E-state index contributed by atoms with van der Waals surface area (Å²) in [5.74, 6) is 0. The first kappa shape index (κ1) is 12.2. The van der Waals surface area contributed by atoms with Gasteiger partial charge in [-0.15, -0.1) is 5.10 Å². The summed E-state index contributed by atoms with van der Waals surface area (Å²) >= 11 is 1.62. The summed E-state index contributed by atoms with van der Waals surface area (Å²) in [6, 6.07) is 7.93. The average Bonchev–Trinajstić information content (AvgIpc) is 3.22. The van der Waals surface area contributed by atoms with Crippen LogP contribution in [0.3, 0.4) is 0 Å². The molecule has 7 nitrogen and oxygen atoms in total. The van der Waals surface area contributed by atoms with Crippen molar-refractivity contribution in [1.82, 2.24) is 34.8 Å². The van der Waals surface area contributed by atoms with Crippen LogP contribution in [0, 0.1) is 0 Å². The van der Waals surface area contributed by atoms with E-state index in [1.54, 1.807) is 22.3 Å². The van der Waals surface area contributed by atoms with E-state index >= 15 is 0 Å². The van der Waals surface area contributed by atoms with E-state index in [-0.39, 0.29) is 0 Å². The lowest BCUT2D eigenvalue weighted by molar-refractivity contribution is 0.789. The molecule has 0 unspecified atom stereocenters. The highest BCUT2D eigenvalue weighted by atomic mass is 32.1. The van der Waals surface area contributed by atoms with E-state index in [0.29, 0.717) is 0 Å². The Morgan fingerprint density at radius 3 is 3.00 bits per heavy atom. The molecule has 0 saturated heterocycles. The molecule has 0 aliphatic rings. The van der Waals surface area contributed by atoms with Crippen LogP contribution in [0.4, 0.5) is 0 Å². The number of rotatable bonds is 3. The molecular formula is C13H11N7S. The molecular weight excluding hydrogens is 286 g/mol. The lowest BCUT2D eigenvalue weighted by Gasteiger charge is -2.01. The molecule has 4 aromatic rings. The summed E-state index contributed by atoms with van der Waals surface area (Å²) in [7, 11) is 0. The van der Waals surface area contributed by atoms with E-state index in [2.05, 4.69) is 32.5 Å². The normalized spacial score (nSPS) is 11.3. The first-order valence-electron chi connectivity index (χ1n) is 6.52. The van der Waals surface area contributed by atoms with Gasteiger partial charge in [-0.2, -0.15) is 5.10 Å². The number of fused-ring (bicyclic) bond motifs is 1. The second-order valence-electron chi connectivity index (χ2n) is 4.51. The van der Waals surface area contributed by atoms with Gasteiger partial charge in [0.05, 0.1) is 17.6 Å². The van der Waals surface area contributed by atoms with E-state index in [1.165, 1.54) is 0 Å². The maximum Gasteiger partial charge on any atom is 0.212 e. The van der Waals surface area contributed by atoms with Crippen LogP contribution in [0.5, 0.6) is 0 Å². The summed E-state index contributed by atoms with van der Waals surface area (Å²) in [5, 5.41) is 16.8. The van der Waals surface area contributed by atoms with Crippen molar-refractivity contribution < 1.29 is 0 Å². The molecule has 0 aliphatic heterocycles. The molecule has 1 aromatic carbocycles. The van der Waals surface area contributed by atoms with Crippen molar-refractivity contribution in [2.75, 3.05) is 0 Å². The third-order valence-corrected chi connectivity index (χ3v) is 4.21. The highest BCUT2D eigenvalue weighted by Gasteiger charge is 2.09. The van der Waals surface area contributed by atoms with Crippen LogP contribution in [0.1, 0.15) is 11.9 Å². The predicted molar refractivity (Wildman–Crippen MR) is 78.4 cm³/mol. The van der Waals surface area contributed by atoms with Gasteiger partial charge in [-0.25, -0.2) is 14.2 Å². The van der Waals surface area contributed by atoms with E-state index in [4.69, 9.17) is 0 Å². The molecule has 0 aliphatic carbocycles. The Hall–Kier alpha value is -2.61. The lowest BCUT2D eigenvalue weighted by atomic mass is 10.1. The zero-order chi connectivity index (χ0) is 14.2. The molecule has 3 heterocycles. The summed E-state index contributed by atoms with van der Waals surface area (Å²) in [4.78, 5) is 5.54.